The molecule has 0 unspecified atom stereocenters. The van der Waals surface area contributed by atoms with Crippen molar-refractivity contribution in [3.05, 3.63) is 74.3 Å². The molecule has 27 heavy (non-hydrogen) atoms. The van der Waals surface area contributed by atoms with Gasteiger partial charge in [0.25, 0.3) is 0 Å². The van der Waals surface area contributed by atoms with Gasteiger partial charge in [-0.1, -0.05) is 29.3 Å². The van der Waals surface area contributed by atoms with Crippen molar-refractivity contribution in [2.24, 2.45) is 5.73 Å². The highest BCUT2D eigenvalue weighted by Gasteiger charge is 2.15. The summed E-state index contributed by atoms with van der Waals surface area (Å²) in [6.07, 6.45) is 1.05. The molecule has 1 aromatic carbocycles. The summed E-state index contributed by atoms with van der Waals surface area (Å²) in [5.74, 6) is -0.496. The number of aromatic amines is 1. The highest BCUT2D eigenvalue weighted by atomic mass is 35.5. The first-order valence-electron chi connectivity index (χ1n) is 8.27. The molecule has 3 aromatic rings. The molecule has 0 amide bonds. The lowest BCUT2D eigenvalue weighted by Crippen LogP contribution is -2.32. The fraction of sp³-hybridized carbons (Fsp3) is 0.211. The van der Waals surface area contributed by atoms with E-state index in [0.717, 1.165) is 16.5 Å². The molecule has 2 heterocycles. The van der Waals surface area contributed by atoms with Gasteiger partial charge in [0, 0.05) is 11.6 Å². The van der Waals surface area contributed by atoms with E-state index in [1.807, 2.05) is 18.2 Å². The maximum Gasteiger partial charge on any atom is 0.323 e. The van der Waals surface area contributed by atoms with Gasteiger partial charge >= 0.3 is 5.97 Å². The Kier molecular flexibility index (Phi) is 6.11. The average Bonchev–Trinajstić information content (AvgIpc) is 2.63. The third-order valence-corrected chi connectivity index (χ3v) is 4.43. The van der Waals surface area contributed by atoms with Crippen molar-refractivity contribution in [2.45, 2.75) is 25.5 Å². The Bertz CT molecular complexity index is 1020. The molecule has 0 aliphatic carbocycles. The summed E-state index contributed by atoms with van der Waals surface area (Å²) in [5.41, 5.74) is 8.22. The fourth-order valence-corrected chi connectivity index (χ4v) is 3.16. The summed E-state index contributed by atoms with van der Waals surface area (Å²) in [6, 6.07) is 11.3. The Hall–Kier alpha value is -2.41. The number of halogens is 2. The molecule has 0 spiro atoms. The Morgan fingerprint density at radius 2 is 1.85 bits per heavy atom. The standard InChI is InChI=1S/C19H17Cl2N3O3/c20-16-8-12(9-17(21)24-16)10-27-19(26)14(22)4-1-11-2-5-15-13(7-11)3-6-18(25)23-15/h2-3,5-9,14H,1,4,10,22H2,(H,23,25)/t14-/m0/s1. The maximum atomic E-state index is 12.1. The summed E-state index contributed by atoms with van der Waals surface area (Å²) >= 11 is 11.6. The van der Waals surface area contributed by atoms with Gasteiger partial charge in [-0.25, -0.2) is 4.98 Å². The molecule has 0 bridgehead atoms. The average molecular weight is 406 g/mol. The third-order valence-electron chi connectivity index (χ3n) is 4.04. The number of carbonyl (C=O) groups excluding carboxylic acids is 1. The van der Waals surface area contributed by atoms with Gasteiger partial charge < -0.3 is 15.5 Å². The minimum Gasteiger partial charge on any atom is -0.460 e. The minimum absolute atomic E-state index is 0.0256. The fourth-order valence-electron chi connectivity index (χ4n) is 2.66. The van der Waals surface area contributed by atoms with E-state index in [1.54, 1.807) is 18.2 Å². The van der Waals surface area contributed by atoms with Crippen molar-refractivity contribution in [3.63, 3.8) is 0 Å². The van der Waals surface area contributed by atoms with Crippen LogP contribution in [-0.4, -0.2) is 22.0 Å². The second-order valence-corrected chi connectivity index (χ2v) is 6.89. The zero-order valence-electron chi connectivity index (χ0n) is 14.2. The number of rotatable bonds is 6. The number of aryl methyl sites for hydroxylation is 1. The van der Waals surface area contributed by atoms with Crippen molar-refractivity contribution in [3.8, 4) is 0 Å². The number of carbonyl (C=O) groups is 1. The minimum atomic E-state index is -0.746. The number of H-pyrrole nitrogens is 1. The van der Waals surface area contributed by atoms with Gasteiger partial charge in [0.2, 0.25) is 5.56 Å². The van der Waals surface area contributed by atoms with Crippen LogP contribution >= 0.6 is 23.2 Å². The topological polar surface area (TPSA) is 98.1 Å². The van der Waals surface area contributed by atoms with E-state index in [0.29, 0.717) is 18.4 Å². The molecule has 2 aromatic heterocycles. The number of hydrogen-bond donors (Lipinski definition) is 2. The lowest BCUT2D eigenvalue weighted by molar-refractivity contribution is -0.146. The summed E-state index contributed by atoms with van der Waals surface area (Å²) in [7, 11) is 0. The van der Waals surface area contributed by atoms with Gasteiger partial charge in [0.05, 0.1) is 0 Å². The molecule has 1 atom stereocenters. The number of aromatic nitrogens is 2. The SMILES string of the molecule is N[C@@H](CCc1ccc2[nH]c(=O)ccc2c1)C(=O)OCc1cc(Cl)nc(Cl)c1. The Morgan fingerprint density at radius 3 is 2.59 bits per heavy atom. The van der Waals surface area contributed by atoms with Crippen LogP contribution in [0, 0.1) is 0 Å². The summed E-state index contributed by atoms with van der Waals surface area (Å²) < 4.78 is 5.22. The molecular weight excluding hydrogens is 389 g/mol. The van der Waals surface area contributed by atoms with E-state index in [2.05, 4.69) is 9.97 Å². The van der Waals surface area contributed by atoms with Crippen LogP contribution in [0.2, 0.25) is 10.3 Å². The van der Waals surface area contributed by atoms with Gasteiger partial charge in [-0.05, 0) is 59.7 Å². The number of esters is 1. The molecular formula is C19H17Cl2N3O3. The quantitative estimate of drug-likeness (QED) is 0.484. The van der Waals surface area contributed by atoms with Crippen molar-refractivity contribution >= 4 is 40.1 Å². The monoisotopic (exact) mass is 405 g/mol. The first-order valence-corrected chi connectivity index (χ1v) is 9.02. The number of hydrogen-bond acceptors (Lipinski definition) is 5. The molecule has 0 fully saturated rings. The molecule has 0 radical (unpaired) electrons. The van der Waals surface area contributed by atoms with Crippen molar-refractivity contribution in [1.82, 2.24) is 9.97 Å². The van der Waals surface area contributed by atoms with Gasteiger partial charge in [0.1, 0.15) is 23.0 Å². The molecule has 6 nitrogen and oxygen atoms in total. The van der Waals surface area contributed by atoms with Crippen LogP contribution in [0.15, 0.2) is 47.3 Å². The van der Waals surface area contributed by atoms with E-state index >= 15 is 0 Å². The predicted octanol–water partition coefficient (Wildman–Crippen LogP) is 3.23. The number of pyridine rings is 2. The number of ether oxygens (including phenoxy) is 1. The lowest BCUT2D eigenvalue weighted by Gasteiger charge is -2.12. The third kappa shape index (κ3) is 5.29. The highest BCUT2D eigenvalue weighted by molar-refractivity contribution is 6.32. The number of nitrogens with zero attached hydrogens (tertiary/aromatic N) is 1. The molecule has 3 N–H and O–H groups in total. The second-order valence-electron chi connectivity index (χ2n) is 6.12. The van der Waals surface area contributed by atoms with Crippen molar-refractivity contribution < 1.29 is 9.53 Å². The van der Waals surface area contributed by atoms with Crippen LogP contribution in [0.25, 0.3) is 10.9 Å². The number of fused-ring (bicyclic) bond motifs is 1. The number of nitrogens with one attached hydrogen (secondary N) is 1. The lowest BCUT2D eigenvalue weighted by atomic mass is 10.0. The maximum absolute atomic E-state index is 12.1. The van der Waals surface area contributed by atoms with Crippen LogP contribution in [0.1, 0.15) is 17.5 Å². The zero-order chi connectivity index (χ0) is 19.4. The van der Waals surface area contributed by atoms with Gasteiger partial charge in [-0.3, -0.25) is 9.59 Å². The van der Waals surface area contributed by atoms with E-state index in [4.69, 9.17) is 33.7 Å². The Morgan fingerprint density at radius 1 is 1.11 bits per heavy atom. The zero-order valence-corrected chi connectivity index (χ0v) is 15.8. The normalized spacial score (nSPS) is 12.1. The summed E-state index contributed by atoms with van der Waals surface area (Å²) in [4.78, 5) is 30.0. The molecule has 0 saturated carbocycles. The van der Waals surface area contributed by atoms with E-state index in [9.17, 15) is 9.59 Å². The highest BCUT2D eigenvalue weighted by Crippen LogP contribution is 2.16. The van der Waals surface area contributed by atoms with Crippen LogP contribution in [0.4, 0.5) is 0 Å². The summed E-state index contributed by atoms with van der Waals surface area (Å²) in [6.45, 7) is 0.0256. The van der Waals surface area contributed by atoms with Crippen molar-refractivity contribution in [2.75, 3.05) is 0 Å². The molecule has 140 valence electrons. The van der Waals surface area contributed by atoms with Gasteiger partial charge in [-0.2, -0.15) is 0 Å². The Labute approximate surface area is 165 Å². The molecule has 0 saturated heterocycles. The first kappa shape index (κ1) is 19.4. The molecule has 0 aliphatic rings. The smallest absolute Gasteiger partial charge is 0.323 e. The largest absolute Gasteiger partial charge is 0.460 e. The first-order chi connectivity index (χ1) is 12.9. The second kappa shape index (κ2) is 8.52. The Balaban J connectivity index is 1.55. The number of nitrogens with two attached hydrogens (primary N) is 1. The van der Waals surface area contributed by atoms with Crippen LogP contribution in [0.5, 0.6) is 0 Å². The van der Waals surface area contributed by atoms with Crippen molar-refractivity contribution in [1.29, 1.82) is 0 Å². The predicted molar refractivity (Wildman–Crippen MR) is 105 cm³/mol. The van der Waals surface area contributed by atoms with Crippen LogP contribution < -0.4 is 11.3 Å². The summed E-state index contributed by atoms with van der Waals surface area (Å²) in [5, 5.41) is 1.39. The molecule has 3 rings (SSSR count). The van der Waals surface area contributed by atoms with Crippen LogP contribution in [-0.2, 0) is 22.6 Å². The molecule has 8 heteroatoms. The van der Waals surface area contributed by atoms with E-state index < -0.39 is 12.0 Å². The van der Waals surface area contributed by atoms with E-state index in [1.165, 1.54) is 6.07 Å². The van der Waals surface area contributed by atoms with Gasteiger partial charge in [-0.15, -0.1) is 0 Å². The molecule has 0 aliphatic heterocycles. The van der Waals surface area contributed by atoms with Crippen LogP contribution in [0.3, 0.4) is 0 Å². The van der Waals surface area contributed by atoms with E-state index in [-0.39, 0.29) is 22.5 Å². The number of benzene rings is 1. The van der Waals surface area contributed by atoms with Gasteiger partial charge in [0.15, 0.2) is 0 Å².